The van der Waals surface area contributed by atoms with Gasteiger partial charge in [-0.05, 0) is 25.0 Å². The molecule has 168 valence electrons. The van der Waals surface area contributed by atoms with Crippen molar-refractivity contribution in [2.45, 2.75) is 31.2 Å². The number of H-pyrrole nitrogens is 2. The molecule has 32 heavy (non-hydrogen) atoms. The molecule has 7 nitrogen and oxygen atoms in total. The van der Waals surface area contributed by atoms with Crippen LogP contribution in [0, 0.1) is 0 Å². The molecule has 1 aliphatic rings. The summed E-state index contributed by atoms with van der Waals surface area (Å²) in [5.41, 5.74) is -0.173. The number of halogens is 4. The lowest BCUT2D eigenvalue weighted by Gasteiger charge is -2.26. The second-order valence-corrected chi connectivity index (χ2v) is 7.54. The average molecular weight is 451 g/mol. The van der Waals surface area contributed by atoms with Crippen molar-refractivity contribution in [3.8, 4) is 0 Å². The summed E-state index contributed by atoms with van der Waals surface area (Å²) in [5.74, 6) is -1.46. The second kappa shape index (κ2) is 8.56. The Morgan fingerprint density at radius 3 is 2.53 bits per heavy atom. The molecule has 0 saturated carbocycles. The minimum absolute atomic E-state index is 0.0119. The van der Waals surface area contributed by atoms with Crippen LogP contribution in [-0.4, -0.2) is 47.1 Å². The quantitative estimate of drug-likeness (QED) is 0.471. The molecule has 3 N–H and O–H groups in total. The average Bonchev–Trinajstić information content (AvgIpc) is 3.17. The number of fused-ring (bicyclic) bond motifs is 1. The highest BCUT2D eigenvalue weighted by atomic mass is 19.4. The molecule has 1 aliphatic heterocycles. The SMILES string of the molecule is O=C(NC(c1cccc[nH+]1)C(F)(F)F)c1[nH]c(C(=O)N2CCC(F)CC2)[n+]2ccccc12. The van der Waals surface area contributed by atoms with Crippen molar-refractivity contribution in [1.82, 2.24) is 15.2 Å². The van der Waals surface area contributed by atoms with Crippen molar-refractivity contribution in [2.75, 3.05) is 13.1 Å². The zero-order valence-corrected chi connectivity index (χ0v) is 16.8. The predicted octanol–water partition coefficient (Wildman–Crippen LogP) is 2.17. The third-order valence-corrected chi connectivity index (χ3v) is 5.39. The van der Waals surface area contributed by atoms with Crippen molar-refractivity contribution < 1.29 is 36.5 Å². The number of nitrogens with one attached hydrogen (secondary N) is 3. The predicted molar refractivity (Wildman–Crippen MR) is 103 cm³/mol. The van der Waals surface area contributed by atoms with E-state index in [2.05, 4.69) is 9.97 Å². The topological polar surface area (TPSA) is 83.4 Å². The van der Waals surface area contributed by atoms with Crippen LogP contribution in [-0.2, 0) is 0 Å². The monoisotopic (exact) mass is 451 g/mol. The van der Waals surface area contributed by atoms with Gasteiger partial charge in [-0.3, -0.25) is 9.59 Å². The maximum absolute atomic E-state index is 13.7. The lowest BCUT2D eigenvalue weighted by atomic mass is 10.1. The van der Waals surface area contributed by atoms with E-state index in [1.54, 1.807) is 12.1 Å². The molecule has 3 aromatic heterocycles. The van der Waals surface area contributed by atoms with Crippen molar-refractivity contribution in [2.24, 2.45) is 0 Å². The van der Waals surface area contributed by atoms with Gasteiger partial charge in [0.15, 0.2) is 11.7 Å². The molecule has 11 heteroatoms. The first-order valence-corrected chi connectivity index (χ1v) is 10.1. The first kappa shape index (κ1) is 21.7. The number of aromatic nitrogens is 3. The molecule has 2 amide bonds. The van der Waals surface area contributed by atoms with E-state index in [1.165, 1.54) is 46.0 Å². The number of rotatable bonds is 4. The molecule has 4 heterocycles. The fourth-order valence-electron chi connectivity index (χ4n) is 3.74. The van der Waals surface area contributed by atoms with Gasteiger partial charge in [0.25, 0.3) is 5.91 Å². The molecule has 3 aromatic rings. The number of amides is 2. The number of carbonyl (C=O) groups is 2. The lowest BCUT2D eigenvalue weighted by Crippen LogP contribution is -2.43. The van der Waals surface area contributed by atoms with E-state index in [0.29, 0.717) is 0 Å². The summed E-state index contributed by atoms with van der Waals surface area (Å²) < 4.78 is 55.8. The van der Waals surface area contributed by atoms with Crippen LogP contribution in [0.2, 0.25) is 0 Å². The molecule has 1 atom stereocenters. The summed E-state index contributed by atoms with van der Waals surface area (Å²) in [6, 6.07) is 6.66. The largest absolute Gasteiger partial charge is 0.418 e. The third-order valence-electron chi connectivity index (χ3n) is 5.39. The minimum Gasteiger partial charge on any atom is -0.332 e. The Balaban J connectivity index is 1.67. The van der Waals surface area contributed by atoms with Crippen molar-refractivity contribution >= 4 is 17.3 Å². The van der Waals surface area contributed by atoms with E-state index in [9.17, 15) is 27.2 Å². The Labute approximate surface area is 180 Å². The number of carbonyl (C=O) groups excluding carboxylic acids is 2. The van der Waals surface area contributed by atoms with Gasteiger partial charge in [-0.1, -0.05) is 12.1 Å². The highest BCUT2D eigenvalue weighted by Gasteiger charge is 2.46. The van der Waals surface area contributed by atoms with Crippen LogP contribution in [0.1, 0.15) is 45.7 Å². The van der Waals surface area contributed by atoms with Crippen LogP contribution in [0.3, 0.4) is 0 Å². The number of likely N-dealkylation sites (tertiary alicyclic amines) is 1. The summed E-state index contributed by atoms with van der Waals surface area (Å²) in [4.78, 5) is 32.5. The number of piperidine rings is 1. The van der Waals surface area contributed by atoms with Crippen LogP contribution in [0.15, 0.2) is 48.8 Å². The third kappa shape index (κ3) is 4.27. The van der Waals surface area contributed by atoms with Gasteiger partial charge < -0.3 is 10.2 Å². The van der Waals surface area contributed by atoms with Gasteiger partial charge in [-0.2, -0.15) is 17.6 Å². The molecular weight excluding hydrogens is 430 g/mol. The summed E-state index contributed by atoms with van der Waals surface area (Å²) in [6.07, 6.45) is -2.44. The van der Waals surface area contributed by atoms with Gasteiger partial charge in [-0.25, -0.2) is 14.4 Å². The Bertz CT molecular complexity index is 1120. The standard InChI is InChI=1S/C21H19F4N5O2/c22-13-7-11-29(12-8-13)20(32)18-27-16(15-6-2-4-10-30(15)18)19(31)28-17(21(23,24)25)14-5-1-3-9-26-14/h1-6,9-10,13,17H,7-8,11-12H2,(H,28,31)/p+2. The molecule has 0 spiro atoms. The van der Waals surface area contributed by atoms with Gasteiger partial charge in [-0.15, -0.1) is 0 Å². The van der Waals surface area contributed by atoms with E-state index >= 15 is 0 Å². The van der Waals surface area contributed by atoms with Crippen LogP contribution < -0.4 is 14.7 Å². The van der Waals surface area contributed by atoms with Crippen molar-refractivity contribution in [3.63, 3.8) is 0 Å². The number of nitrogens with zero attached hydrogens (tertiary/aromatic N) is 2. The van der Waals surface area contributed by atoms with E-state index < -0.39 is 30.2 Å². The molecule has 1 fully saturated rings. The molecule has 4 rings (SSSR count). The van der Waals surface area contributed by atoms with E-state index in [-0.39, 0.29) is 48.7 Å². The molecule has 0 aliphatic carbocycles. The van der Waals surface area contributed by atoms with Gasteiger partial charge in [0.05, 0.1) is 6.20 Å². The normalized spacial score (nSPS) is 16.2. The summed E-state index contributed by atoms with van der Waals surface area (Å²) in [7, 11) is 0. The maximum Gasteiger partial charge on any atom is 0.418 e. The number of aromatic amines is 2. The minimum atomic E-state index is -4.75. The highest BCUT2D eigenvalue weighted by Crippen LogP contribution is 2.31. The van der Waals surface area contributed by atoms with Crippen LogP contribution in [0.25, 0.3) is 5.52 Å². The first-order valence-electron chi connectivity index (χ1n) is 10.1. The fraction of sp³-hybridized carbons (Fsp3) is 0.333. The van der Waals surface area contributed by atoms with E-state index in [4.69, 9.17) is 0 Å². The van der Waals surface area contributed by atoms with Gasteiger partial charge in [0.1, 0.15) is 6.17 Å². The summed E-state index contributed by atoms with van der Waals surface area (Å²) >= 11 is 0. The Morgan fingerprint density at radius 2 is 1.88 bits per heavy atom. The first-order chi connectivity index (χ1) is 15.3. The smallest absolute Gasteiger partial charge is 0.332 e. The lowest BCUT2D eigenvalue weighted by molar-refractivity contribution is -0.514. The van der Waals surface area contributed by atoms with E-state index in [1.807, 2.05) is 5.32 Å². The molecule has 0 radical (unpaired) electrons. The number of imidazole rings is 1. The van der Waals surface area contributed by atoms with Gasteiger partial charge in [0.2, 0.25) is 17.4 Å². The van der Waals surface area contributed by atoms with Crippen LogP contribution in [0.5, 0.6) is 0 Å². The Hall–Kier alpha value is -3.50. The van der Waals surface area contributed by atoms with Crippen LogP contribution in [0.4, 0.5) is 17.6 Å². The summed E-state index contributed by atoms with van der Waals surface area (Å²) in [5, 5.41) is 2.01. The molecule has 1 saturated heterocycles. The molecule has 1 unspecified atom stereocenters. The van der Waals surface area contributed by atoms with E-state index in [0.717, 1.165) is 0 Å². The zero-order valence-electron chi connectivity index (χ0n) is 16.8. The molecule has 0 bridgehead atoms. The molecular formula is C21H21F4N5O2+2. The fourth-order valence-corrected chi connectivity index (χ4v) is 3.74. The number of hydrogen-bond donors (Lipinski definition) is 2. The van der Waals surface area contributed by atoms with Gasteiger partial charge >= 0.3 is 17.9 Å². The second-order valence-electron chi connectivity index (χ2n) is 7.54. The van der Waals surface area contributed by atoms with Crippen LogP contribution >= 0.6 is 0 Å². The van der Waals surface area contributed by atoms with Gasteiger partial charge in [0, 0.05) is 25.2 Å². The highest BCUT2D eigenvalue weighted by molar-refractivity contribution is 6.00. The number of pyridine rings is 2. The zero-order chi connectivity index (χ0) is 22.9. The Morgan fingerprint density at radius 1 is 1.16 bits per heavy atom. The number of alkyl halides is 4. The molecule has 0 aromatic carbocycles. The van der Waals surface area contributed by atoms with Crippen molar-refractivity contribution in [1.29, 1.82) is 0 Å². The Kier molecular flexibility index (Phi) is 5.81. The summed E-state index contributed by atoms with van der Waals surface area (Å²) in [6.45, 7) is 0.435. The maximum atomic E-state index is 13.7. The van der Waals surface area contributed by atoms with Crippen molar-refractivity contribution in [3.05, 3.63) is 66.0 Å². The number of hydrogen-bond acceptors (Lipinski definition) is 2.